The first kappa shape index (κ1) is 21.6. The second kappa shape index (κ2) is 8.86. The molecule has 0 bridgehead atoms. The Kier molecular flexibility index (Phi) is 6.18. The summed E-state index contributed by atoms with van der Waals surface area (Å²) in [5, 5.41) is 20.5. The molecule has 4 aromatic rings. The van der Waals surface area contributed by atoms with E-state index in [9.17, 15) is 15.0 Å². The Morgan fingerprint density at radius 1 is 1.26 bits per heavy atom. The minimum Gasteiger partial charge on any atom is -0.478 e. The molecule has 2 aromatic carbocycles. The second-order valence-electron chi connectivity index (χ2n) is 7.14. The lowest BCUT2D eigenvalue weighted by molar-refractivity contribution is 0.0697. The molecule has 0 radical (unpaired) electrons. The zero-order valence-corrected chi connectivity index (χ0v) is 19.1. The number of aryl methyl sites for hydroxylation is 1. The molecule has 0 saturated heterocycles. The molecular weight excluding hydrogens is 484 g/mol. The summed E-state index contributed by atoms with van der Waals surface area (Å²) in [7, 11) is 0. The van der Waals surface area contributed by atoms with E-state index >= 15 is 0 Å². The number of aromatic carboxylic acids is 1. The molecule has 0 atom stereocenters. The first-order valence-corrected chi connectivity index (χ1v) is 11.0. The van der Waals surface area contributed by atoms with E-state index in [2.05, 4.69) is 27.8 Å². The number of benzene rings is 2. The number of hydrogen-bond donors (Lipinski definition) is 2. The summed E-state index contributed by atoms with van der Waals surface area (Å²) in [6, 6.07) is 12.3. The van der Waals surface area contributed by atoms with E-state index in [-0.39, 0.29) is 17.3 Å². The van der Waals surface area contributed by atoms with Crippen LogP contribution in [0.3, 0.4) is 0 Å². The highest BCUT2D eigenvalue weighted by Crippen LogP contribution is 2.40. The van der Waals surface area contributed by atoms with Crippen LogP contribution in [0, 0.1) is 0 Å². The predicted molar refractivity (Wildman–Crippen MR) is 123 cm³/mol. The van der Waals surface area contributed by atoms with Crippen LogP contribution >= 0.6 is 27.5 Å². The maximum absolute atomic E-state index is 11.7. The third kappa shape index (κ3) is 3.89. The highest BCUT2D eigenvalue weighted by atomic mass is 79.9. The fourth-order valence-corrected chi connectivity index (χ4v) is 4.50. The minimum atomic E-state index is -1.02. The Morgan fingerprint density at radius 3 is 2.74 bits per heavy atom. The monoisotopic (exact) mass is 502 g/mol. The van der Waals surface area contributed by atoms with Crippen LogP contribution in [-0.4, -0.2) is 25.7 Å². The molecule has 160 valence electrons. The van der Waals surface area contributed by atoms with Gasteiger partial charge in [0.2, 0.25) is 0 Å². The molecule has 0 saturated carbocycles. The number of nitrogens with zero attached hydrogens (tertiary/aromatic N) is 2. The molecule has 2 N–H and O–H groups in total. The lowest BCUT2D eigenvalue weighted by Crippen LogP contribution is -2.05. The zero-order chi connectivity index (χ0) is 22.1. The summed E-state index contributed by atoms with van der Waals surface area (Å²) in [5.41, 5.74) is 2.58. The molecule has 0 fully saturated rings. The van der Waals surface area contributed by atoms with Gasteiger partial charge in [-0.25, -0.2) is 9.78 Å². The number of carboxylic acid groups (broad SMARTS) is 1. The third-order valence-corrected chi connectivity index (χ3v) is 6.26. The highest BCUT2D eigenvalue weighted by Gasteiger charge is 2.21. The number of rotatable bonds is 7. The molecule has 0 amide bonds. The normalized spacial score (nSPS) is 11.4. The molecule has 0 aliphatic heterocycles. The Balaban J connectivity index is 1.88. The van der Waals surface area contributed by atoms with Crippen molar-refractivity contribution in [3.05, 3.63) is 69.2 Å². The SMILES string of the molecule is CCCCc1nc(Cl)c(CO)n1-c1ccc2oc(-c3ccccc3C(=O)O)c(Br)c2c1. The Hall–Kier alpha value is -2.61. The average molecular weight is 504 g/mol. The molecule has 4 rings (SSSR count). The van der Waals surface area contributed by atoms with Crippen molar-refractivity contribution >= 4 is 44.5 Å². The zero-order valence-electron chi connectivity index (χ0n) is 16.7. The van der Waals surface area contributed by atoms with Crippen LogP contribution in [0.5, 0.6) is 0 Å². The van der Waals surface area contributed by atoms with Crippen molar-refractivity contribution in [1.29, 1.82) is 0 Å². The number of imidazole rings is 1. The van der Waals surface area contributed by atoms with E-state index in [1.165, 1.54) is 0 Å². The Bertz CT molecular complexity index is 1280. The van der Waals surface area contributed by atoms with Crippen molar-refractivity contribution in [1.82, 2.24) is 9.55 Å². The minimum absolute atomic E-state index is 0.160. The molecule has 0 aliphatic carbocycles. The van der Waals surface area contributed by atoms with E-state index in [0.29, 0.717) is 27.1 Å². The van der Waals surface area contributed by atoms with Crippen LogP contribution in [-0.2, 0) is 13.0 Å². The van der Waals surface area contributed by atoms with Crippen molar-refractivity contribution in [3.63, 3.8) is 0 Å². The molecule has 0 aliphatic rings. The summed E-state index contributed by atoms with van der Waals surface area (Å²) in [4.78, 5) is 16.1. The number of aliphatic hydroxyl groups excluding tert-OH is 1. The molecule has 2 aromatic heterocycles. The van der Waals surface area contributed by atoms with E-state index in [1.54, 1.807) is 24.3 Å². The van der Waals surface area contributed by atoms with Crippen LogP contribution in [0.4, 0.5) is 0 Å². The number of aliphatic hydroxyl groups is 1. The Labute approximate surface area is 192 Å². The topological polar surface area (TPSA) is 88.5 Å². The first-order chi connectivity index (χ1) is 15.0. The van der Waals surface area contributed by atoms with Crippen molar-refractivity contribution in [2.45, 2.75) is 32.8 Å². The van der Waals surface area contributed by atoms with Gasteiger partial charge in [0.05, 0.1) is 22.3 Å². The standard InChI is InChI=1S/C23H20BrClN2O4/c1-2-3-8-19-26-22(25)17(12-28)27(19)13-9-10-18-16(11-13)20(24)21(31-18)14-6-4-5-7-15(14)23(29)30/h4-7,9-11,28H,2-3,8,12H2,1H3,(H,29,30). The van der Waals surface area contributed by atoms with E-state index in [1.807, 2.05) is 22.8 Å². The van der Waals surface area contributed by atoms with Gasteiger partial charge in [0, 0.05) is 23.1 Å². The van der Waals surface area contributed by atoms with Gasteiger partial charge in [-0.3, -0.25) is 4.57 Å². The lowest BCUT2D eigenvalue weighted by atomic mass is 10.1. The molecule has 0 spiro atoms. The first-order valence-electron chi connectivity index (χ1n) is 9.88. The maximum atomic E-state index is 11.7. The van der Waals surface area contributed by atoms with Crippen molar-refractivity contribution in [3.8, 4) is 17.0 Å². The van der Waals surface area contributed by atoms with Gasteiger partial charge in [-0.05, 0) is 46.6 Å². The lowest BCUT2D eigenvalue weighted by Gasteiger charge is -2.11. The molecule has 0 unspecified atom stereocenters. The van der Waals surface area contributed by atoms with Crippen molar-refractivity contribution in [2.24, 2.45) is 0 Å². The van der Waals surface area contributed by atoms with Crippen LogP contribution < -0.4 is 0 Å². The fraction of sp³-hybridized carbons (Fsp3) is 0.217. The molecule has 2 heterocycles. The van der Waals surface area contributed by atoms with Crippen molar-refractivity contribution < 1.29 is 19.4 Å². The average Bonchev–Trinajstić information content (AvgIpc) is 3.27. The number of halogens is 2. The number of carbonyl (C=O) groups is 1. The highest BCUT2D eigenvalue weighted by molar-refractivity contribution is 9.10. The maximum Gasteiger partial charge on any atom is 0.336 e. The van der Waals surface area contributed by atoms with Gasteiger partial charge < -0.3 is 14.6 Å². The van der Waals surface area contributed by atoms with Crippen LogP contribution in [0.2, 0.25) is 5.15 Å². The van der Waals surface area contributed by atoms with E-state index < -0.39 is 5.97 Å². The number of carboxylic acids is 1. The summed E-state index contributed by atoms with van der Waals surface area (Å²) >= 11 is 9.88. The molecule has 31 heavy (non-hydrogen) atoms. The van der Waals surface area contributed by atoms with Gasteiger partial charge in [-0.15, -0.1) is 0 Å². The number of aromatic nitrogens is 2. The van der Waals surface area contributed by atoms with Crippen LogP contribution in [0.1, 0.15) is 41.6 Å². The summed E-state index contributed by atoms with van der Waals surface area (Å²) < 4.78 is 8.55. The fourth-order valence-electron chi connectivity index (χ4n) is 3.65. The van der Waals surface area contributed by atoms with Crippen LogP contribution in [0.15, 0.2) is 51.4 Å². The van der Waals surface area contributed by atoms with Gasteiger partial charge in [-0.2, -0.15) is 0 Å². The number of furan rings is 1. The third-order valence-electron chi connectivity index (χ3n) is 5.17. The summed E-state index contributed by atoms with van der Waals surface area (Å²) in [6.45, 7) is 1.87. The quantitative estimate of drug-likeness (QED) is 0.312. The Morgan fingerprint density at radius 2 is 2.03 bits per heavy atom. The van der Waals surface area contributed by atoms with Gasteiger partial charge in [0.25, 0.3) is 0 Å². The van der Waals surface area contributed by atoms with Gasteiger partial charge in [0.15, 0.2) is 5.15 Å². The van der Waals surface area contributed by atoms with Gasteiger partial charge in [0.1, 0.15) is 17.2 Å². The predicted octanol–water partition coefficient (Wildman–Crippen LogP) is 6.23. The molecule has 8 heteroatoms. The smallest absolute Gasteiger partial charge is 0.336 e. The van der Waals surface area contributed by atoms with Crippen molar-refractivity contribution in [2.75, 3.05) is 0 Å². The van der Waals surface area contributed by atoms with E-state index in [4.69, 9.17) is 16.0 Å². The van der Waals surface area contributed by atoms with E-state index in [0.717, 1.165) is 36.2 Å². The van der Waals surface area contributed by atoms with Gasteiger partial charge >= 0.3 is 5.97 Å². The number of hydrogen-bond acceptors (Lipinski definition) is 4. The summed E-state index contributed by atoms with van der Waals surface area (Å²) in [5.74, 6) is 0.207. The van der Waals surface area contributed by atoms with Crippen LogP contribution in [0.25, 0.3) is 28.0 Å². The number of fused-ring (bicyclic) bond motifs is 1. The number of unbranched alkanes of at least 4 members (excludes halogenated alkanes) is 1. The largest absolute Gasteiger partial charge is 0.478 e. The summed E-state index contributed by atoms with van der Waals surface area (Å²) in [6.07, 6.45) is 2.70. The molecular formula is C23H20BrClN2O4. The molecule has 6 nitrogen and oxygen atoms in total. The second-order valence-corrected chi connectivity index (χ2v) is 8.29. The van der Waals surface area contributed by atoms with Gasteiger partial charge in [-0.1, -0.05) is 43.1 Å².